The highest BCUT2D eigenvalue weighted by Gasteiger charge is 2.18. The summed E-state index contributed by atoms with van der Waals surface area (Å²) in [5, 5.41) is 7.16. The van der Waals surface area contributed by atoms with Gasteiger partial charge in [0, 0.05) is 36.7 Å². The second-order valence-electron chi connectivity index (χ2n) is 6.50. The standard InChI is InChI=1S/C21H24N4O/c1-16-20(17(2)24-23-16)13-21(26)25(15-19-9-6-11-22-14-19)12-10-18-7-4-3-5-8-18/h3-9,11,14H,10,12-13,15H2,1-2H3,(H,23,24). The lowest BCUT2D eigenvalue weighted by Gasteiger charge is -2.23. The number of amides is 1. The van der Waals surface area contributed by atoms with Gasteiger partial charge in [-0.1, -0.05) is 36.4 Å². The van der Waals surface area contributed by atoms with Crippen LogP contribution >= 0.6 is 0 Å². The van der Waals surface area contributed by atoms with Crippen molar-refractivity contribution in [2.75, 3.05) is 6.54 Å². The van der Waals surface area contributed by atoms with E-state index in [2.05, 4.69) is 27.3 Å². The molecule has 5 heteroatoms. The van der Waals surface area contributed by atoms with Crippen molar-refractivity contribution in [3.05, 3.63) is 82.9 Å². The average molecular weight is 348 g/mol. The second kappa shape index (κ2) is 8.43. The zero-order valence-corrected chi connectivity index (χ0v) is 15.3. The van der Waals surface area contributed by atoms with Gasteiger partial charge in [0.1, 0.15) is 0 Å². The Morgan fingerprint density at radius 2 is 1.85 bits per heavy atom. The van der Waals surface area contributed by atoms with Crippen LogP contribution in [0.15, 0.2) is 54.9 Å². The lowest BCUT2D eigenvalue weighted by atomic mass is 10.1. The van der Waals surface area contributed by atoms with Crippen LogP contribution in [0, 0.1) is 13.8 Å². The van der Waals surface area contributed by atoms with E-state index in [1.165, 1.54) is 5.56 Å². The van der Waals surface area contributed by atoms with Gasteiger partial charge < -0.3 is 4.90 Å². The normalized spacial score (nSPS) is 10.7. The number of aromatic nitrogens is 3. The predicted octanol–water partition coefficient (Wildman–Crippen LogP) is 3.24. The summed E-state index contributed by atoms with van der Waals surface area (Å²) in [5.74, 6) is 0.109. The highest BCUT2D eigenvalue weighted by molar-refractivity contribution is 5.79. The molecule has 0 fully saturated rings. The Bertz CT molecular complexity index is 823. The Balaban J connectivity index is 1.74. The van der Waals surface area contributed by atoms with Crippen LogP contribution in [-0.4, -0.2) is 32.5 Å². The van der Waals surface area contributed by atoms with Crippen LogP contribution in [0.1, 0.15) is 28.1 Å². The molecular weight excluding hydrogens is 324 g/mol. The summed E-state index contributed by atoms with van der Waals surface area (Å²) in [5.41, 5.74) is 5.10. The minimum Gasteiger partial charge on any atom is -0.338 e. The molecule has 0 atom stereocenters. The third-order valence-corrected chi connectivity index (χ3v) is 4.57. The molecule has 1 aromatic carbocycles. The topological polar surface area (TPSA) is 61.9 Å². The minimum absolute atomic E-state index is 0.109. The summed E-state index contributed by atoms with van der Waals surface area (Å²) in [6.45, 7) is 5.13. The number of hydrogen-bond acceptors (Lipinski definition) is 3. The lowest BCUT2D eigenvalue weighted by molar-refractivity contribution is -0.131. The average Bonchev–Trinajstić information content (AvgIpc) is 2.98. The fourth-order valence-corrected chi connectivity index (χ4v) is 3.01. The molecule has 0 radical (unpaired) electrons. The summed E-state index contributed by atoms with van der Waals surface area (Å²) in [4.78, 5) is 19.1. The number of rotatable bonds is 7. The Morgan fingerprint density at radius 1 is 1.08 bits per heavy atom. The molecular formula is C21H24N4O. The van der Waals surface area contributed by atoms with Crippen molar-refractivity contribution in [3.63, 3.8) is 0 Å². The molecule has 0 saturated carbocycles. The van der Waals surface area contributed by atoms with E-state index in [9.17, 15) is 4.79 Å². The number of hydrogen-bond donors (Lipinski definition) is 1. The molecule has 0 saturated heterocycles. The monoisotopic (exact) mass is 348 g/mol. The molecule has 5 nitrogen and oxygen atoms in total. The van der Waals surface area contributed by atoms with Crippen molar-refractivity contribution in [3.8, 4) is 0 Å². The minimum atomic E-state index is 0.109. The van der Waals surface area contributed by atoms with Crippen LogP contribution in [0.5, 0.6) is 0 Å². The highest BCUT2D eigenvalue weighted by atomic mass is 16.2. The number of nitrogens with one attached hydrogen (secondary N) is 1. The summed E-state index contributed by atoms with van der Waals surface area (Å²) in [6, 6.07) is 14.2. The summed E-state index contributed by atoms with van der Waals surface area (Å²) in [7, 11) is 0. The van der Waals surface area contributed by atoms with E-state index in [1.54, 1.807) is 6.20 Å². The zero-order chi connectivity index (χ0) is 18.4. The molecule has 2 aromatic heterocycles. The van der Waals surface area contributed by atoms with E-state index in [-0.39, 0.29) is 5.91 Å². The van der Waals surface area contributed by atoms with E-state index < -0.39 is 0 Å². The van der Waals surface area contributed by atoms with E-state index in [0.29, 0.717) is 19.5 Å². The van der Waals surface area contributed by atoms with E-state index in [0.717, 1.165) is 28.9 Å². The maximum atomic E-state index is 13.0. The number of pyridine rings is 1. The number of nitrogens with zero attached hydrogens (tertiary/aromatic N) is 3. The largest absolute Gasteiger partial charge is 0.338 e. The quantitative estimate of drug-likeness (QED) is 0.713. The molecule has 0 unspecified atom stereocenters. The van der Waals surface area contributed by atoms with Gasteiger partial charge in [-0.3, -0.25) is 14.9 Å². The summed E-state index contributed by atoms with van der Waals surface area (Å²) < 4.78 is 0. The second-order valence-corrected chi connectivity index (χ2v) is 6.50. The van der Waals surface area contributed by atoms with Gasteiger partial charge in [-0.15, -0.1) is 0 Å². The van der Waals surface area contributed by atoms with Crippen LogP contribution < -0.4 is 0 Å². The van der Waals surface area contributed by atoms with Crippen LogP contribution in [0.25, 0.3) is 0 Å². The molecule has 1 N–H and O–H groups in total. The maximum Gasteiger partial charge on any atom is 0.227 e. The molecule has 3 rings (SSSR count). The summed E-state index contributed by atoms with van der Waals surface area (Å²) in [6.07, 6.45) is 4.76. The predicted molar refractivity (Wildman–Crippen MR) is 102 cm³/mol. The summed E-state index contributed by atoms with van der Waals surface area (Å²) >= 11 is 0. The van der Waals surface area contributed by atoms with Crippen molar-refractivity contribution in [1.82, 2.24) is 20.1 Å². The van der Waals surface area contributed by atoms with Crippen LogP contribution in [0.3, 0.4) is 0 Å². The first-order valence-electron chi connectivity index (χ1n) is 8.84. The molecule has 0 aliphatic rings. The third kappa shape index (κ3) is 4.57. The molecule has 1 amide bonds. The number of benzene rings is 1. The van der Waals surface area contributed by atoms with Crippen molar-refractivity contribution in [2.45, 2.75) is 33.2 Å². The Labute approximate surface area is 154 Å². The van der Waals surface area contributed by atoms with Crippen molar-refractivity contribution < 1.29 is 4.79 Å². The van der Waals surface area contributed by atoms with Gasteiger partial charge in [0.2, 0.25) is 5.91 Å². The smallest absolute Gasteiger partial charge is 0.227 e. The molecule has 0 bridgehead atoms. The maximum absolute atomic E-state index is 13.0. The van der Waals surface area contributed by atoms with Gasteiger partial charge in [0.25, 0.3) is 0 Å². The molecule has 134 valence electrons. The fraction of sp³-hybridized carbons (Fsp3) is 0.286. The number of H-pyrrole nitrogens is 1. The number of aromatic amines is 1. The molecule has 26 heavy (non-hydrogen) atoms. The molecule has 3 aromatic rings. The van der Waals surface area contributed by atoms with Crippen molar-refractivity contribution in [2.24, 2.45) is 0 Å². The van der Waals surface area contributed by atoms with Gasteiger partial charge in [-0.25, -0.2) is 0 Å². The van der Waals surface area contributed by atoms with Crippen molar-refractivity contribution in [1.29, 1.82) is 0 Å². The Hall–Kier alpha value is -2.95. The van der Waals surface area contributed by atoms with E-state index in [1.807, 2.05) is 55.3 Å². The lowest BCUT2D eigenvalue weighted by Crippen LogP contribution is -2.34. The molecule has 2 heterocycles. The first-order chi connectivity index (χ1) is 12.6. The molecule has 0 aliphatic heterocycles. The van der Waals surface area contributed by atoms with Gasteiger partial charge in [-0.05, 0) is 37.5 Å². The SMILES string of the molecule is Cc1n[nH]c(C)c1CC(=O)N(CCc1ccccc1)Cc1cccnc1. The van der Waals surface area contributed by atoms with Gasteiger partial charge in [0.05, 0.1) is 12.1 Å². The van der Waals surface area contributed by atoms with E-state index >= 15 is 0 Å². The fourth-order valence-electron chi connectivity index (χ4n) is 3.01. The van der Waals surface area contributed by atoms with Crippen LogP contribution in [0.4, 0.5) is 0 Å². The van der Waals surface area contributed by atoms with E-state index in [4.69, 9.17) is 0 Å². The zero-order valence-electron chi connectivity index (χ0n) is 15.3. The van der Waals surface area contributed by atoms with Crippen LogP contribution in [-0.2, 0) is 24.2 Å². The van der Waals surface area contributed by atoms with Gasteiger partial charge in [0.15, 0.2) is 0 Å². The number of aryl methyl sites for hydroxylation is 2. The third-order valence-electron chi connectivity index (χ3n) is 4.57. The Morgan fingerprint density at radius 3 is 2.50 bits per heavy atom. The first-order valence-corrected chi connectivity index (χ1v) is 8.84. The number of carbonyl (C=O) groups excluding carboxylic acids is 1. The van der Waals surface area contributed by atoms with Gasteiger partial charge >= 0.3 is 0 Å². The molecule has 0 spiro atoms. The van der Waals surface area contributed by atoms with Crippen molar-refractivity contribution >= 4 is 5.91 Å². The Kier molecular flexibility index (Phi) is 5.79. The van der Waals surface area contributed by atoms with Gasteiger partial charge in [-0.2, -0.15) is 5.10 Å². The first kappa shape index (κ1) is 17.9. The van der Waals surface area contributed by atoms with Crippen LogP contribution in [0.2, 0.25) is 0 Å². The molecule has 0 aliphatic carbocycles. The number of carbonyl (C=O) groups is 1. The highest BCUT2D eigenvalue weighted by Crippen LogP contribution is 2.14.